The molecule has 0 unspecified atom stereocenters. The Bertz CT molecular complexity index is 1490. The van der Waals surface area contributed by atoms with Crippen LogP contribution in [0, 0.1) is 18.3 Å². The van der Waals surface area contributed by atoms with Crippen LogP contribution in [0.1, 0.15) is 31.9 Å². The van der Waals surface area contributed by atoms with E-state index in [2.05, 4.69) is 6.58 Å². The van der Waals surface area contributed by atoms with Gasteiger partial charge in [-0.05, 0) is 75.2 Å². The van der Waals surface area contributed by atoms with Crippen LogP contribution in [0.2, 0.25) is 0 Å². The van der Waals surface area contributed by atoms with Crippen LogP contribution in [0.25, 0.3) is 23.0 Å². The van der Waals surface area contributed by atoms with E-state index in [1.165, 1.54) is 0 Å². The van der Waals surface area contributed by atoms with Gasteiger partial charge in [0.2, 0.25) is 0 Å². The number of carbonyl (C=O) groups is 2. The largest absolute Gasteiger partial charge is 0.490 e. The van der Waals surface area contributed by atoms with Gasteiger partial charge in [-0.3, -0.25) is 14.5 Å². The average molecular weight is 493 g/mol. The second-order valence-electron chi connectivity index (χ2n) is 9.03. The fourth-order valence-electron chi connectivity index (χ4n) is 4.29. The molecule has 1 aliphatic heterocycles. The van der Waals surface area contributed by atoms with Gasteiger partial charge in [0.1, 0.15) is 29.7 Å². The molecule has 3 aromatic rings. The molecular formula is C30H28N4O3. The zero-order chi connectivity index (χ0) is 26.7. The maximum absolute atomic E-state index is 13.4. The number of nitrogens with zero attached hydrogens (tertiary/aromatic N) is 4. The number of benzene rings is 2. The standard InChI is InChI=1S/C30H28N4O3/c1-6-14-37-24-12-13-25(20(4)15-24)28-22(18-33(32-28)23-10-8-7-9-11-23)16-26-21(5)27(17-31)30(36)34(19(2)3)29(26)35/h6-13,15-16,18-19H,1,14H2,2-5H3/b26-16+. The fraction of sp³-hybridized carbons (Fsp3) is 0.200. The van der Waals surface area contributed by atoms with Crippen LogP contribution in [-0.4, -0.2) is 39.1 Å². The molecule has 0 radical (unpaired) electrons. The van der Waals surface area contributed by atoms with Crippen molar-refractivity contribution in [2.75, 3.05) is 6.61 Å². The van der Waals surface area contributed by atoms with Crippen LogP contribution in [0.15, 0.2) is 84.1 Å². The van der Waals surface area contributed by atoms with E-state index in [1.54, 1.807) is 37.6 Å². The Kier molecular flexibility index (Phi) is 7.21. The minimum atomic E-state index is -0.566. The van der Waals surface area contributed by atoms with Gasteiger partial charge in [-0.1, -0.05) is 30.9 Å². The van der Waals surface area contributed by atoms with Gasteiger partial charge >= 0.3 is 0 Å². The minimum absolute atomic E-state index is 0.0311. The number of aryl methyl sites for hydroxylation is 1. The van der Waals surface area contributed by atoms with E-state index in [1.807, 2.05) is 67.7 Å². The lowest BCUT2D eigenvalue weighted by molar-refractivity contribution is -0.142. The van der Waals surface area contributed by atoms with Crippen molar-refractivity contribution in [3.8, 4) is 28.8 Å². The van der Waals surface area contributed by atoms with Crippen LogP contribution in [-0.2, 0) is 9.59 Å². The quantitative estimate of drug-likeness (QED) is 0.250. The van der Waals surface area contributed by atoms with Gasteiger partial charge in [-0.25, -0.2) is 4.68 Å². The summed E-state index contributed by atoms with van der Waals surface area (Å²) in [6.45, 7) is 11.2. The molecule has 2 amide bonds. The van der Waals surface area contributed by atoms with Crippen molar-refractivity contribution in [1.29, 1.82) is 5.26 Å². The van der Waals surface area contributed by atoms with Crippen molar-refractivity contribution >= 4 is 17.9 Å². The number of rotatable bonds is 7. The first kappa shape index (κ1) is 25.4. The monoisotopic (exact) mass is 492 g/mol. The van der Waals surface area contributed by atoms with Gasteiger partial charge in [0, 0.05) is 28.9 Å². The smallest absolute Gasteiger partial charge is 0.271 e. The molecule has 7 nitrogen and oxygen atoms in total. The minimum Gasteiger partial charge on any atom is -0.490 e. The Balaban J connectivity index is 1.92. The second-order valence-corrected chi connectivity index (χ2v) is 9.03. The van der Waals surface area contributed by atoms with Crippen molar-refractivity contribution < 1.29 is 14.3 Å². The van der Waals surface area contributed by atoms with Crippen molar-refractivity contribution in [1.82, 2.24) is 14.7 Å². The number of hydrogen-bond donors (Lipinski definition) is 0. The van der Waals surface area contributed by atoms with E-state index >= 15 is 0 Å². The number of ether oxygens (including phenoxy) is 1. The Hall–Kier alpha value is -4.70. The maximum atomic E-state index is 13.4. The molecule has 1 aromatic heterocycles. The zero-order valence-electron chi connectivity index (χ0n) is 21.4. The summed E-state index contributed by atoms with van der Waals surface area (Å²) in [5.41, 5.74) is 4.64. The first-order valence-electron chi connectivity index (χ1n) is 12.0. The lowest BCUT2D eigenvalue weighted by Gasteiger charge is -2.30. The molecule has 7 heteroatoms. The molecule has 1 aliphatic rings. The van der Waals surface area contributed by atoms with Crippen LogP contribution >= 0.6 is 0 Å². The zero-order valence-corrected chi connectivity index (χ0v) is 21.4. The number of carbonyl (C=O) groups excluding carboxylic acids is 2. The molecule has 2 aromatic carbocycles. The van der Waals surface area contributed by atoms with E-state index in [0.717, 1.165) is 27.5 Å². The van der Waals surface area contributed by atoms with Gasteiger partial charge in [-0.15, -0.1) is 0 Å². The van der Waals surface area contributed by atoms with Gasteiger partial charge in [-0.2, -0.15) is 10.4 Å². The predicted molar refractivity (Wildman–Crippen MR) is 143 cm³/mol. The SMILES string of the molecule is C=CCOc1ccc(-c2nn(-c3ccccc3)cc2/C=C2/C(=O)N(C(C)C)C(=O)C(C#N)=C2C)c(C)c1. The number of para-hydroxylation sites is 1. The van der Waals surface area contributed by atoms with Crippen molar-refractivity contribution in [3.63, 3.8) is 0 Å². The van der Waals surface area contributed by atoms with Gasteiger partial charge in [0.25, 0.3) is 11.8 Å². The van der Waals surface area contributed by atoms with Gasteiger partial charge in [0.15, 0.2) is 0 Å². The highest BCUT2D eigenvalue weighted by Gasteiger charge is 2.37. The van der Waals surface area contributed by atoms with Crippen LogP contribution in [0.5, 0.6) is 5.75 Å². The van der Waals surface area contributed by atoms with Crippen molar-refractivity contribution in [3.05, 3.63) is 95.2 Å². The molecule has 37 heavy (non-hydrogen) atoms. The highest BCUT2D eigenvalue weighted by Crippen LogP contribution is 2.34. The van der Waals surface area contributed by atoms with Gasteiger partial charge < -0.3 is 4.74 Å². The summed E-state index contributed by atoms with van der Waals surface area (Å²) < 4.78 is 7.43. The predicted octanol–water partition coefficient (Wildman–Crippen LogP) is 5.41. The molecule has 0 fully saturated rings. The molecule has 0 atom stereocenters. The number of aromatic nitrogens is 2. The van der Waals surface area contributed by atoms with Gasteiger partial charge in [0.05, 0.1) is 5.69 Å². The summed E-state index contributed by atoms with van der Waals surface area (Å²) >= 11 is 0. The summed E-state index contributed by atoms with van der Waals surface area (Å²) in [6, 6.07) is 17.0. The van der Waals surface area contributed by atoms with E-state index in [9.17, 15) is 14.9 Å². The van der Waals surface area contributed by atoms with E-state index in [-0.39, 0.29) is 5.57 Å². The lowest BCUT2D eigenvalue weighted by atomic mass is 9.92. The first-order chi connectivity index (χ1) is 17.8. The molecule has 0 saturated heterocycles. The van der Waals surface area contributed by atoms with Crippen LogP contribution in [0.3, 0.4) is 0 Å². The fourth-order valence-corrected chi connectivity index (χ4v) is 4.29. The van der Waals surface area contributed by atoms with Crippen molar-refractivity contribution in [2.45, 2.75) is 33.7 Å². The summed E-state index contributed by atoms with van der Waals surface area (Å²) in [5.74, 6) is -0.280. The Morgan fingerprint density at radius 2 is 1.84 bits per heavy atom. The number of imide groups is 1. The average Bonchev–Trinajstić information content (AvgIpc) is 3.29. The number of hydrogen-bond acceptors (Lipinski definition) is 5. The molecule has 186 valence electrons. The third kappa shape index (κ3) is 4.87. The van der Waals surface area contributed by atoms with Crippen molar-refractivity contribution in [2.24, 2.45) is 0 Å². The molecule has 0 aliphatic carbocycles. The lowest BCUT2D eigenvalue weighted by Crippen LogP contribution is -2.46. The third-order valence-electron chi connectivity index (χ3n) is 6.17. The topological polar surface area (TPSA) is 88.2 Å². The summed E-state index contributed by atoms with van der Waals surface area (Å²) in [5, 5.41) is 14.6. The molecule has 4 rings (SSSR count). The molecule has 0 N–H and O–H groups in total. The highest BCUT2D eigenvalue weighted by molar-refractivity contribution is 6.20. The Morgan fingerprint density at radius 3 is 2.46 bits per heavy atom. The normalized spacial score (nSPS) is 14.9. The summed E-state index contributed by atoms with van der Waals surface area (Å²) in [6.07, 6.45) is 5.26. The molecule has 0 bridgehead atoms. The molecule has 2 heterocycles. The highest BCUT2D eigenvalue weighted by atomic mass is 16.5. The number of nitriles is 1. The Morgan fingerprint density at radius 1 is 1.11 bits per heavy atom. The second kappa shape index (κ2) is 10.5. The third-order valence-corrected chi connectivity index (χ3v) is 6.17. The molecular weight excluding hydrogens is 464 g/mol. The summed E-state index contributed by atoms with van der Waals surface area (Å²) in [7, 11) is 0. The van der Waals surface area contributed by atoms with E-state index in [4.69, 9.17) is 9.84 Å². The molecule has 0 spiro atoms. The van der Waals surface area contributed by atoms with Crippen LogP contribution in [0.4, 0.5) is 0 Å². The summed E-state index contributed by atoms with van der Waals surface area (Å²) in [4.78, 5) is 27.4. The van der Waals surface area contributed by atoms with Crippen LogP contribution < -0.4 is 4.74 Å². The van der Waals surface area contributed by atoms with E-state index < -0.39 is 17.9 Å². The Labute approximate surface area is 216 Å². The van der Waals surface area contributed by atoms with E-state index in [0.29, 0.717) is 29.0 Å². The first-order valence-corrected chi connectivity index (χ1v) is 12.0. The maximum Gasteiger partial charge on any atom is 0.271 e. The molecule has 0 saturated carbocycles. The number of amides is 2.